The smallest absolute Gasteiger partial charge is 0.331 e. The minimum atomic E-state index is -3.42. The van der Waals surface area contributed by atoms with Crippen molar-refractivity contribution in [2.75, 3.05) is 12.4 Å². The summed E-state index contributed by atoms with van der Waals surface area (Å²) in [6.07, 6.45) is 0. The number of rotatable bonds is 5. The average molecular weight is 214 g/mol. The van der Waals surface area contributed by atoms with E-state index in [1.165, 1.54) is 0 Å². The van der Waals surface area contributed by atoms with E-state index < -0.39 is 33.1 Å². The molecule has 1 unspecified atom stereocenters. The lowest BCUT2D eigenvalue weighted by Gasteiger charge is -2.01. The molecule has 0 aromatic heterocycles. The van der Waals surface area contributed by atoms with Crippen molar-refractivity contribution in [1.29, 1.82) is 0 Å². The standard InChI is InChI=1S/C4H6O6S2/c5-3(6)1-10-12(9,11)2-4(7)8/h1-2H2,(H,5,6)(H,7,8). The molecular formula is C4H6O6S2. The lowest BCUT2D eigenvalue weighted by molar-refractivity contribution is -0.139. The highest BCUT2D eigenvalue weighted by Crippen LogP contribution is 1.93. The molecule has 0 aromatic rings. The van der Waals surface area contributed by atoms with Crippen molar-refractivity contribution in [3.63, 3.8) is 0 Å². The van der Waals surface area contributed by atoms with Gasteiger partial charge < -0.3 is 10.2 Å². The Hall–Kier alpha value is -0.730. The molecule has 0 rings (SSSR count). The maximum Gasteiger partial charge on any atom is 0.331 e. The molecule has 0 radical (unpaired) electrons. The van der Waals surface area contributed by atoms with Gasteiger partial charge in [0.05, 0.1) is 0 Å². The van der Waals surface area contributed by atoms with Crippen molar-refractivity contribution in [2.45, 2.75) is 0 Å². The average Bonchev–Trinajstić information content (AvgIpc) is 1.81. The largest absolute Gasteiger partial charge is 0.480 e. The molecule has 8 heteroatoms. The normalized spacial score (nSPS) is 15.0. The van der Waals surface area contributed by atoms with Crippen LogP contribution in [-0.4, -0.2) is 38.7 Å². The van der Waals surface area contributed by atoms with Gasteiger partial charge in [-0.1, -0.05) is 0 Å². The van der Waals surface area contributed by atoms with Crippen molar-refractivity contribution >= 4 is 31.9 Å². The third-order valence-corrected chi connectivity index (χ3v) is 2.38. The summed E-state index contributed by atoms with van der Waals surface area (Å²) in [7, 11) is -3.42. The van der Waals surface area contributed by atoms with E-state index in [-0.39, 0.29) is 0 Å². The molecule has 0 saturated heterocycles. The van der Waals surface area contributed by atoms with Gasteiger partial charge in [0.15, 0.2) is 15.4 Å². The SMILES string of the molecule is O=C(O)COS(=O)(=S)CC(=O)O. The maximum atomic E-state index is 10.8. The van der Waals surface area contributed by atoms with Crippen LogP contribution in [-0.2, 0) is 33.7 Å². The maximum absolute atomic E-state index is 10.8. The highest BCUT2D eigenvalue weighted by Gasteiger charge is 2.13. The zero-order valence-electron chi connectivity index (χ0n) is 5.76. The zero-order valence-corrected chi connectivity index (χ0v) is 7.39. The first-order chi connectivity index (χ1) is 5.33. The number of carbonyl (C=O) groups is 2. The van der Waals surface area contributed by atoms with Crippen LogP contribution in [0.3, 0.4) is 0 Å². The summed E-state index contributed by atoms with van der Waals surface area (Å²) >= 11 is 4.20. The Labute approximate surface area is 73.0 Å². The summed E-state index contributed by atoms with van der Waals surface area (Å²) < 4.78 is 15.0. The van der Waals surface area contributed by atoms with E-state index in [4.69, 9.17) is 10.2 Å². The molecule has 0 aromatic carbocycles. The predicted molar refractivity (Wildman–Crippen MR) is 41.6 cm³/mol. The van der Waals surface area contributed by atoms with Crippen LogP contribution in [0.4, 0.5) is 0 Å². The molecule has 6 nitrogen and oxygen atoms in total. The minimum absolute atomic E-state index is 0.852. The third-order valence-electron chi connectivity index (χ3n) is 0.662. The fraction of sp³-hybridized carbons (Fsp3) is 0.500. The van der Waals surface area contributed by atoms with E-state index in [9.17, 15) is 13.8 Å². The number of hydrogen-bond acceptors (Lipinski definition) is 5. The Balaban J connectivity index is 4.06. The van der Waals surface area contributed by atoms with Crippen molar-refractivity contribution < 1.29 is 28.2 Å². The molecule has 1 atom stereocenters. The molecule has 2 N–H and O–H groups in total. The van der Waals surface area contributed by atoms with Gasteiger partial charge in [-0.15, -0.1) is 0 Å². The lowest BCUT2D eigenvalue weighted by atomic mass is 10.8. The molecule has 0 fully saturated rings. The Bertz CT molecular complexity index is 278. The van der Waals surface area contributed by atoms with Crippen molar-refractivity contribution in [1.82, 2.24) is 0 Å². The third kappa shape index (κ3) is 6.01. The van der Waals surface area contributed by atoms with Gasteiger partial charge in [0.25, 0.3) is 0 Å². The van der Waals surface area contributed by atoms with Gasteiger partial charge in [0, 0.05) is 11.2 Å². The first-order valence-corrected chi connectivity index (χ1v) is 5.22. The van der Waals surface area contributed by atoms with Crippen LogP contribution in [0.5, 0.6) is 0 Å². The summed E-state index contributed by atoms with van der Waals surface area (Å²) in [5, 5.41) is 16.2. The first kappa shape index (κ1) is 11.3. The van der Waals surface area contributed by atoms with E-state index >= 15 is 0 Å². The van der Waals surface area contributed by atoms with Crippen LogP contribution >= 0.6 is 0 Å². The molecule has 0 aliphatic carbocycles. The summed E-state index contributed by atoms with van der Waals surface area (Å²) in [6, 6.07) is 0. The molecule has 0 heterocycles. The Morgan fingerprint density at radius 2 is 1.83 bits per heavy atom. The van der Waals surface area contributed by atoms with Gasteiger partial charge in [-0.25, -0.2) is 9.00 Å². The van der Waals surface area contributed by atoms with Gasteiger partial charge in [-0.05, 0) is 0 Å². The highest BCUT2D eigenvalue weighted by molar-refractivity contribution is 8.30. The van der Waals surface area contributed by atoms with Gasteiger partial charge in [-0.2, -0.15) is 0 Å². The number of carboxylic acid groups (broad SMARTS) is 2. The second-order valence-corrected chi connectivity index (χ2v) is 4.92. The second kappa shape index (κ2) is 4.33. The zero-order chi connectivity index (χ0) is 9.78. The monoisotopic (exact) mass is 214 g/mol. The van der Waals surface area contributed by atoms with E-state index in [2.05, 4.69) is 15.4 Å². The van der Waals surface area contributed by atoms with Gasteiger partial charge in [0.1, 0.15) is 5.75 Å². The van der Waals surface area contributed by atoms with E-state index in [0.717, 1.165) is 0 Å². The number of aliphatic carboxylic acids is 2. The molecule has 12 heavy (non-hydrogen) atoms. The summed E-state index contributed by atoms with van der Waals surface area (Å²) in [6.45, 7) is -0.852. The highest BCUT2D eigenvalue weighted by atomic mass is 32.8. The molecule has 0 aliphatic heterocycles. The Morgan fingerprint density at radius 1 is 1.33 bits per heavy atom. The molecule has 0 bridgehead atoms. The number of carboxylic acids is 2. The van der Waals surface area contributed by atoms with Crippen LogP contribution in [0.1, 0.15) is 0 Å². The van der Waals surface area contributed by atoms with E-state index in [1.54, 1.807) is 0 Å². The second-order valence-electron chi connectivity index (χ2n) is 1.75. The van der Waals surface area contributed by atoms with Crippen molar-refractivity contribution in [3.8, 4) is 0 Å². The lowest BCUT2D eigenvalue weighted by Crippen LogP contribution is -2.20. The molecule has 70 valence electrons. The topological polar surface area (TPSA) is 101 Å². The van der Waals surface area contributed by atoms with Crippen LogP contribution in [0, 0.1) is 0 Å². The molecule has 0 spiro atoms. The van der Waals surface area contributed by atoms with Crippen LogP contribution in [0.15, 0.2) is 0 Å². The Morgan fingerprint density at radius 3 is 2.17 bits per heavy atom. The van der Waals surface area contributed by atoms with Crippen molar-refractivity contribution in [2.24, 2.45) is 0 Å². The van der Waals surface area contributed by atoms with Gasteiger partial charge in [-0.3, -0.25) is 8.98 Å². The van der Waals surface area contributed by atoms with Crippen LogP contribution in [0.25, 0.3) is 0 Å². The molecule has 0 saturated carbocycles. The van der Waals surface area contributed by atoms with Crippen molar-refractivity contribution in [3.05, 3.63) is 0 Å². The summed E-state index contributed by atoms with van der Waals surface area (Å²) in [5.74, 6) is -3.60. The quantitative estimate of drug-likeness (QED) is 0.594. The molecule has 0 aliphatic rings. The summed E-state index contributed by atoms with van der Waals surface area (Å²) in [4.78, 5) is 19.9. The van der Waals surface area contributed by atoms with Crippen LogP contribution < -0.4 is 0 Å². The predicted octanol–water partition coefficient (Wildman–Crippen LogP) is -1.17. The Kier molecular flexibility index (Phi) is 4.07. The van der Waals surface area contributed by atoms with Crippen LogP contribution in [0.2, 0.25) is 0 Å². The summed E-state index contributed by atoms with van der Waals surface area (Å²) in [5.41, 5.74) is 0. The van der Waals surface area contributed by atoms with Gasteiger partial charge >= 0.3 is 11.9 Å². The van der Waals surface area contributed by atoms with E-state index in [1.807, 2.05) is 0 Å². The number of hydrogen-bond donors (Lipinski definition) is 2. The molecule has 0 amide bonds. The fourth-order valence-corrected chi connectivity index (χ4v) is 1.45. The molecular weight excluding hydrogens is 208 g/mol. The van der Waals surface area contributed by atoms with E-state index in [0.29, 0.717) is 0 Å². The fourth-order valence-electron chi connectivity index (χ4n) is 0.333. The minimum Gasteiger partial charge on any atom is -0.480 e. The first-order valence-electron chi connectivity index (χ1n) is 2.64. The van der Waals surface area contributed by atoms with Gasteiger partial charge in [0.2, 0.25) is 0 Å².